The molecule has 3 heteroatoms. The lowest BCUT2D eigenvalue weighted by atomic mass is 10.2. The molecule has 0 atom stereocenters. The minimum absolute atomic E-state index is 0.250. The third-order valence-corrected chi connectivity index (χ3v) is 1.80. The zero-order valence-corrected chi connectivity index (χ0v) is 8.38. The zero-order valence-electron chi connectivity index (χ0n) is 8.38. The smallest absolute Gasteiger partial charge is 0.290 e. The summed E-state index contributed by atoms with van der Waals surface area (Å²) in [6.07, 6.45) is 0. The molecule has 0 saturated carbocycles. The first kappa shape index (κ1) is 11.0. The van der Waals surface area contributed by atoms with Crippen LogP contribution in [0.15, 0.2) is 46.9 Å². The minimum atomic E-state index is -0.250. The van der Waals surface area contributed by atoms with Gasteiger partial charge in [0.15, 0.2) is 0 Å². The van der Waals surface area contributed by atoms with Gasteiger partial charge in [0.25, 0.3) is 6.47 Å². The maximum atomic E-state index is 8.36. The van der Waals surface area contributed by atoms with E-state index in [2.05, 4.69) is 0 Å². The van der Waals surface area contributed by atoms with E-state index in [1.165, 1.54) is 0 Å². The maximum absolute atomic E-state index is 8.36. The van der Waals surface area contributed by atoms with Gasteiger partial charge in [-0.05, 0) is 19.1 Å². The van der Waals surface area contributed by atoms with Gasteiger partial charge in [-0.25, -0.2) is 0 Å². The lowest BCUT2D eigenvalue weighted by Gasteiger charge is -1.93. The van der Waals surface area contributed by atoms with E-state index in [1.54, 1.807) is 0 Å². The lowest BCUT2D eigenvalue weighted by Crippen LogP contribution is -1.69. The van der Waals surface area contributed by atoms with E-state index < -0.39 is 0 Å². The predicted molar refractivity (Wildman–Crippen MR) is 57.6 cm³/mol. The highest BCUT2D eigenvalue weighted by Crippen LogP contribution is 2.20. The van der Waals surface area contributed by atoms with E-state index in [0.717, 1.165) is 17.1 Å². The molecule has 0 spiro atoms. The Morgan fingerprint density at radius 2 is 1.73 bits per heavy atom. The third-order valence-electron chi connectivity index (χ3n) is 1.80. The van der Waals surface area contributed by atoms with Crippen LogP contribution in [-0.4, -0.2) is 11.6 Å². The molecule has 2 rings (SSSR count). The zero-order chi connectivity index (χ0) is 11.1. The molecule has 1 heterocycles. The van der Waals surface area contributed by atoms with Crippen molar-refractivity contribution < 1.29 is 14.3 Å². The summed E-state index contributed by atoms with van der Waals surface area (Å²) in [5.74, 6) is 1.89. The van der Waals surface area contributed by atoms with Crippen molar-refractivity contribution in [3.63, 3.8) is 0 Å². The molecule has 0 aliphatic carbocycles. The second-order valence-electron chi connectivity index (χ2n) is 2.88. The quantitative estimate of drug-likeness (QED) is 0.726. The van der Waals surface area contributed by atoms with Crippen molar-refractivity contribution in [2.75, 3.05) is 0 Å². The number of carbonyl (C=O) groups is 1. The molecule has 0 bridgehead atoms. The topological polar surface area (TPSA) is 50.4 Å². The lowest BCUT2D eigenvalue weighted by molar-refractivity contribution is -0.122. The van der Waals surface area contributed by atoms with E-state index in [4.69, 9.17) is 14.3 Å². The first-order valence-corrected chi connectivity index (χ1v) is 4.47. The Morgan fingerprint density at radius 1 is 1.13 bits per heavy atom. The molecular formula is C12H12O3. The molecule has 0 aliphatic heterocycles. The maximum Gasteiger partial charge on any atom is 0.290 e. The standard InChI is InChI=1S/C11H10O.CH2O2/c1-9-7-8-11(12-9)10-5-3-2-4-6-10;2-1-3/h2-8H,1H3;1H,(H,2,3). The van der Waals surface area contributed by atoms with E-state index >= 15 is 0 Å². The minimum Gasteiger partial charge on any atom is -0.483 e. The first-order chi connectivity index (χ1) is 7.27. The summed E-state index contributed by atoms with van der Waals surface area (Å²) >= 11 is 0. The molecule has 0 unspecified atom stereocenters. The Morgan fingerprint density at radius 3 is 2.20 bits per heavy atom. The van der Waals surface area contributed by atoms with Crippen LogP contribution in [0.2, 0.25) is 0 Å². The molecule has 1 aromatic carbocycles. The van der Waals surface area contributed by atoms with Crippen molar-refractivity contribution in [3.05, 3.63) is 48.2 Å². The molecule has 3 nitrogen and oxygen atoms in total. The van der Waals surface area contributed by atoms with Crippen LogP contribution in [0.25, 0.3) is 11.3 Å². The number of carboxylic acid groups (broad SMARTS) is 1. The van der Waals surface area contributed by atoms with Gasteiger partial charge in [-0.15, -0.1) is 0 Å². The number of furan rings is 1. The van der Waals surface area contributed by atoms with Gasteiger partial charge < -0.3 is 9.52 Å². The molecule has 1 aromatic heterocycles. The normalized spacial score (nSPS) is 8.87. The first-order valence-electron chi connectivity index (χ1n) is 4.47. The number of aryl methyl sites for hydroxylation is 1. The predicted octanol–water partition coefficient (Wildman–Crippen LogP) is 2.96. The third kappa shape index (κ3) is 3.31. The van der Waals surface area contributed by atoms with Crippen LogP contribution in [0.5, 0.6) is 0 Å². The van der Waals surface area contributed by atoms with Crippen molar-refractivity contribution >= 4 is 6.47 Å². The Balaban J connectivity index is 0.000000337. The highest BCUT2D eigenvalue weighted by Gasteiger charge is 1.99. The number of hydrogen-bond acceptors (Lipinski definition) is 2. The summed E-state index contributed by atoms with van der Waals surface area (Å²) in [7, 11) is 0. The van der Waals surface area contributed by atoms with E-state index in [-0.39, 0.29) is 6.47 Å². The largest absolute Gasteiger partial charge is 0.483 e. The Bertz CT molecular complexity index is 404. The Labute approximate surface area is 88.0 Å². The fourth-order valence-corrected chi connectivity index (χ4v) is 1.19. The van der Waals surface area contributed by atoms with Crippen LogP contribution in [0, 0.1) is 6.92 Å². The van der Waals surface area contributed by atoms with E-state index in [0.29, 0.717) is 0 Å². The van der Waals surface area contributed by atoms with Crippen molar-refractivity contribution in [2.45, 2.75) is 6.92 Å². The van der Waals surface area contributed by atoms with E-state index in [1.807, 2.05) is 49.4 Å². The molecule has 0 saturated heterocycles. The fourth-order valence-electron chi connectivity index (χ4n) is 1.19. The second kappa shape index (κ2) is 5.65. The van der Waals surface area contributed by atoms with Gasteiger partial charge in [-0.1, -0.05) is 30.3 Å². The number of benzene rings is 1. The van der Waals surface area contributed by atoms with Crippen LogP contribution in [0.3, 0.4) is 0 Å². The van der Waals surface area contributed by atoms with Crippen molar-refractivity contribution in [3.8, 4) is 11.3 Å². The highest BCUT2D eigenvalue weighted by atomic mass is 16.3. The highest BCUT2D eigenvalue weighted by molar-refractivity contribution is 5.56. The Kier molecular flexibility index (Phi) is 4.16. The summed E-state index contributed by atoms with van der Waals surface area (Å²) < 4.78 is 5.47. The number of hydrogen-bond donors (Lipinski definition) is 1. The van der Waals surface area contributed by atoms with Crippen LogP contribution in [0.1, 0.15) is 5.76 Å². The molecule has 2 aromatic rings. The molecule has 0 amide bonds. The second-order valence-corrected chi connectivity index (χ2v) is 2.88. The van der Waals surface area contributed by atoms with Gasteiger partial charge >= 0.3 is 0 Å². The summed E-state index contributed by atoms with van der Waals surface area (Å²) in [5, 5.41) is 6.89. The van der Waals surface area contributed by atoms with Gasteiger partial charge in [-0.3, -0.25) is 4.79 Å². The fraction of sp³-hybridized carbons (Fsp3) is 0.0833. The van der Waals surface area contributed by atoms with E-state index in [9.17, 15) is 0 Å². The summed E-state index contributed by atoms with van der Waals surface area (Å²) in [5.41, 5.74) is 1.13. The molecule has 0 fully saturated rings. The molecule has 0 aliphatic rings. The van der Waals surface area contributed by atoms with Crippen LogP contribution in [0.4, 0.5) is 0 Å². The van der Waals surface area contributed by atoms with Crippen molar-refractivity contribution in [1.82, 2.24) is 0 Å². The van der Waals surface area contributed by atoms with Gasteiger partial charge in [0.05, 0.1) is 0 Å². The van der Waals surface area contributed by atoms with Crippen LogP contribution >= 0.6 is 0 Å². The summed E-state index contributed by atoms with van der Waals surface area (Å²) in [6, 6.07) is 14.1. The van der Waals surface area contributed by atoms with Gasteiger partial charge in [0, 0.05) is 5.56 Å². The molecule has 15 heavy (non-hydrogen) atoms. The van der Waals surface area contributed by atoms with Crippen LogP contribution < -0.4 is 0 Å². The van der Waals surface area contributed by atoms with Crippen LogP contribution in [-0.2, 0) is 4.79 Å². The summed E-state index contributed by atoms with van der Waals surface area (Å²) in [4.78, 5) is 8.36. The van der Waals surface area contributed by atoms with Crippen molar-refractivity contribution in [2.24, 2.45) is 0 Å². The molecule has 0 radical (unpaired) electrons. The van der Waals surface area contributed by atoms with Gasteiger partial charge in [0.1, 0.15) is 11.5 Å². The average molecular weight is 204 g/mol. The molecule has 78 valence electrons. The van der Waals surface area contributed by atoms with Gasteiger partial charge in [0.2, 0.25) is 0 Å². The Hall–Kier alpha value is -2.03. The molecular weight excluding hydrogens is 192 g/mol. The number of rotatable bonds is 1. The monoisotopic (exact) mass is 204 g/mol. The molecule has 1 N–H and O–H groups in total. The summed E-state index contributed by atoms with van der Waals surface area (Å²) in [6.45, 7) is 1.70. The average Bonchev–Trinajstić information content (AvgIpc) is 2.67. The SMILES string of the molecule is Cc1ccc(-c2ccccc2)o1.O=CO. The van der Waals surface area contributed by atoms with Gasteiger partial charge in [-0.2, -0.15) is 0 Å². The van der Waals surface area contributed by atoms with Crippen molar-refractivity contribution in [1.29, 1.82) is 0 Å².